The second kappa shape index (κ2) is 8.71. The highest BCUT2D eigenvalue weighted by Gasteiger charge is 2.20. The lowest BCUT2D eigenvalue weighted by Crippen LogP contribution is -2.01. The van der Waals surface area contributed by atoms with Crippen molar-refractivity contribution < 1.29 is 19.1 Å². The molecule has 8 heteroatoms. The van der Waals surface area contributed by atoms with E-state index in [-0.39, 0.29) is 11.5 Å². The van der Waals surface area contributed by atoms with Crippen LogP contribution in [0.3, 0.4) is 0 Å². The molecular formula is C20H20N2O5S. The highest BCUT2D eigenvalue weighted by Crippen LogP contribution is 2.45. The lowest BCUT2D eigenvalue weighted by molar-refractivity contribution is -0.470. The van der Waals surface area contributed by atoms with Crippen LogP contribution in [-0.2, 0) is 0 Å². The van der Waals surface area contributed by atoms with Crippen LogP contribution >= 0.6 is 11.5 Å². The fourth-order valence-electron chi connectivity index (χ4n) is 3.00. The molecule has 7 nitrogen and oxygen atoms in total. The Morgan fingerprint density at radius 1 is 1.11 bits per heavy atom. The van der Waals surface area contributed by atoms with Gasteiger partial charge >= 0.3 is 0 Å². The topological polar surface area (TPSA) is 83.7 Å². The normalized spacial score (nSPS) is 13.4. The summed E-state index contributed by atoms with van der Waals surface area (Å²) in [6.07, 6.45) is 9.97. The second-order valence-corrected chi connectivity index (χ2v) is 6.78. The van der Waals surface area contributed by atoms with Crippen molar-refractivity contribution in [1.82, 2.24) is 4.37 Å². The molecule has 1 aliphatic rings. The fraction of sp³-hybridized carbons (Fsp3) is 0.250. The van der Waals surface area contributed by atoms with E-state index < -0.39 is 0 Å². The van der Waals surface area contributed by atoms with Crippen molar-refractivity contribution in [3.8, 4) is 27.7 Å². The maximum Gasteiger partial charge on any atom is 0.228 e. The summed E-state index contributed by atoms with van der Waals surface area (Å²) in [5.41, 5.74) is 3.36. The Kier molecular flexibility index (Phi) is 6.10. The van der Waals surface area contributed by atoms with Crippen molar-refractivity contribution in [3.05, 3.63) is 63.9 Å². The average molecular weight is 400 g/mol. The number of aromatic nitrogens is 1. The van der Waals surface area contributed by atoms with E-state index >= 15 is 0 Å². The summed E-state index contributed by atoms with van der Waals surface area (Å²) in [6.45, 7) is -0.187. The van der Waals surface area contributed by atoms with Crippen molar-refractivity contribution in [2.45, 2.75) is 6.42 Å². The van der Waals surface area contributed by atoms with E-state index in [1.807, 2.05) is 24.3 Å². The van der Waals surface area contributed by atoms with Gasteiger partial charge in [0, 0.05) is 33.9 Å². The van der Waals surface area contributed by atoms with Crippen LogP contribution in [0.4, 0.5) is 0 Å². The van der Waals surface area contributed by atoms with Gasteiger partial charge in [-0.25, -0.2) is 0 Å². The average Bonchev–Trinajstić information content (AvgIpc) is 3.07. The van der Waals surface area contributed by atoms with Gasteiger partial charge in [0.1, 0.15) is 5.75 Å². The molecule has 0 saturated carbocycles. The predicted molar refractivity (Wildman–Crippen MR) is 109 cm³/mol. The third-order valence-corrected chi connectivity index (χ3v) is 5.15. The van der Waals surface area contributed by atoms with Crippen molar-refractivity contribution in [1.29, 1.82) is 0 Å². The van der Waals surface area contributed by atoms with Crippen molar-refractivity contribution >= 4 is 17.1 Å². The molecule has 1 aliphatic carbocycles. The van der Waals surface area contributed by atoms with E-state index in [2.05, 4.69) is 4.37 Å². The van der Waals surface area contributed by atoms with Crippen molar-refractivity contribution in [2.75, 3.05) is 27.9 Å². The SMILES string of the molecule is COc1cc(OC)c(OC)c(-c2sncc2C2=CCC=C(C[N+](=O)[O-])C=C2)c1. The first-order chi connectivity index (χ1) is 13.6. The van der Waals surface area contributed by atoms with Gasteiger partial charge in [-0.05, 0) is 29.6 Å². The predicted octanol–water partition coefficient (Wildman–Crippen LogP) is 4.38. The number of nitrogens with zero attached hydrogens (tertiary/aromatic N) is 2. The molecule has 3 rings (SSSR count). The summed E-state index contributed by atoms with van der Waals surface area (Å²) in [5, 5.41) is 10.8. The van der Waals surface area contributed by atoms with E-state index in [0.29, 0.717) is 29.2 Å². The summed E-state index contributed by atoms with van der Waals surface area (Å²) in [4.78, 5) is 11.4. The molecule has 2 aromatic rings. The molecule has 0 saturated heterocycles. The van der Waals surface area contributed by atoms with Gasteiger partial charge < -0.3 is 14.2 Å². The Labute approximate surface area is 166 Å². The van der Waals surface area contributed by atoms with Gasteiger partial charge in [0.05, 0.1) is 26.2 Å². The van der Waals surface area contributed by atoms with Gasteiger partial charge in [0.25, 0.3) is 0 Å². The summed E-state index contributed by atoms with van der Waals surface area (Å²) in [6, 6.07) is 3.65. The van der Waals surface area contributed by atoms with Crippen LogP contribution in [0, 0.1) is 10.1 Å². The first-order valence-corrected chi connectivity index (χ1v) is 9.29. The molecule has 0 spiro atoms. The number of rotatable bonds is 7. The number of allylic oxidation sites excluding steroid dienone is 4. The van der Waals surface area contributed by atoms with Gasteiger partial charge in [-0.1, -0.05) is 24.3 Å². The van der Waals surface area contributed by atoms with Crippen LogP contribution in [0.1, 0.15) is 12.0 Å². The molecule has 0 aliphatic heterocycles. The highest BCUT2D eigenvalue weighted by molar-refractivity contribution is 7.10. The van der Waals surface area contributed by atoms with Crippen molar-refractivity contribution in [2.24, 2.45) is 0 Å². The first kappa shape index (κ1) is 19.6. The third-order valence-electron chi connectivity index (χ3n) is 4.32. The Morgan fingerprint density at radius 3 is 2.61 bits per heavy atom. The zero-order valence-corrected chi connectivity index (χ0v) is 16.6. The molecule has 0 N–H and O–H groups in total. The number of nitro groups is 1. The standard InChI is InChI=1S/C20H20N2O5S/c1-25-15-9-16(19(27-3)18(10-15)26-2)20-17(11-21-28-20)14-6-4-5-13(7-8-14)12-22(23)24/h5-11H,4,12H2,1-3H3. The molecule has 28 heavy (non-hydrogen) atoms. The maximum atomic E-state index is 10.8. The Hall–Kier alpha value is -3.13. The molecule has 1 heterocycles. The van der Waals surface area contributed by atoms with Crippen LogP contribution in [0.5, 0.6) is 17.2 Å². The molecule has 0 fully saturated rings. The molecule has 0 radical (unpaired) electrons. The van der Waals surface area contributed by atoms with E-state index in [9.17, 15) is 10.1 Å². The molecule has 0 unspecified atom stereocenters. The van der Waals surface area contributed by atoms with Gasteiger partial charge in [-0.2, -0.15) is 4.37 Å². The van der Waals surface area contributed by atoms with E-state index in [1.54, 1.807) is 39.7 Å². The fourth-order valence-corrected chi connectivity index (χ4v) is 3.78. The lowest BCUT2D eigenvalue weighted by Gasteiger charge is -2.15. The molecular weight excluding hydrogens is 380 g/mol. The number of hydrogen-bond acceptors (Lipinski definition) is 7. The summed E-state index contributed by atoms with van der Waals surface area (Å²) in [7, 11) is 4.76. The molecule has 146 valence electrons. The summed E-state index contributed by atoms with van der Waals surface area (Å²) < 4.78 is 20.8. The monoisotopic (exact) mass is 400 g/mol. The highest BCUT2D eigenvalue weighted by atomic mass is 32.1. The molecule has 1 aromatic heterocycles. The summed E-state index contributed by atoms with van der Waals surface area (Å²) >= 11 is 1.34. The molecule has 1 aromatic carbocycles. The Balaban J connectivity index is 2.04. The van der Waals surface area contributed by atoms with Crippen LogP contribution < -0.4 is 14.2 Å². The van der Waals surface area contributed by atoms with Crippen molar-refractivity contribution in [3.63, 3.8) is 0 Å². The second-order valence-electron chi connectivity index (χ2n) is 5.98. The first-order valence-electron chi connectivity index (χ1n) is 8.51. The van der Waals surface area contributed by atoms with Gasteiger partial charge in [0.15, 0.2) is 11.5 Å². The van der Waals surface area contributed by atoms with Gasteiger partial charge in [-0.3, -0.25) is 10.1 Å². The van der Waals surface area contributed by atoms with E-state index in [0.717, 1.165) is 21.6 Å². The van der Waals surface area contributed by atoms with E-state index in [1.165, 1.54) is 11.5 Å². The minimum Gasteiger partial charge on any atom is -0.497 e. The Bertz CT molecular complexity index is 975. The zero-order valence-electron chi connectivity index (χ0n) is 15.8. The van der Waals surface area contributed by atoms with Gasteiger partial charge in [0.2, 0.25) is 6.54 Å². The smallest absolute Gasteiger partial charge is 0.228 e. The largest absolute Gasteiger partial charge is 0.497 e. The van der Waals surface area contributed by atoms with E-state index in [4.69, 9.17) is 14.2 Å². The third kappa shape index (κ3) is 4.07. The molecule has 0 atom stereocenters. The lowest BCUT2D eigenvalue weighted by atomic mass is 10.0. The molecule has 0 amide bonds. The minimum absolute atomic E-state index is 0.187. The number of hydrogen-bond donors (Lipinski definition) is 0. The summed E-state index contributed by atoms with van der Waals surface area (Å²) in [5.74, 6) is 1.81. The van der Waals surface area contributed by atoms with Crippen LogP contribution in [-0.4, -0.2) is 37.2 Å². The Morgan fingerprint density at radius 2 is 1.93 bits per heavy atom. The quantitative estimate of drug-likeness (QED) is 0.506. The van der Waals surface area contributed by atoms with Crippen LogP contribution in [0.2, 0.25) is 0 Å². The number of ether oxygens (including phenoxy) is 3. The van der Waals surface area contributed by atoms with Crippen LogP contribution in [0.25, 0.3) is 16.0 Å². The number of benzene rings is 1. The minimum atomic E-state index is -0.327. The van der Waals surface area contributed by atoms with Crippen LogP contribution in [0.15, 0.2) is 48.2 Å². The zero-order chi connectivity index (χ0) is 20.1. The maximum absolute atomic E-state index is 10.8. The van der Waals surface area contributed by atoms with Gasteiger partial charge in [-0.15, -0.1) is 0 Å². The number of methoxy groups -OCH3 is 3. The molecule has 0 bridgehead atoms.